The van der Waals surface area contributed by atoms with E-state index in [9.17, 15) is 14.4 Å². The molecule has 0 saturated carbocycles. The van der Waals surface area contributed by atoms with Crippen molar-refractivity contribution in [3.05, 3.63) is 42.5 Å². The van der Waals surface area contributed by atoms with Crippen LogP contribution in [0, 0.1) is 0 Å². The van der Waals surface area contributed by atoms with Gasteiger partial charge in [-0.1, -0.05) is 49.7 Å². The molecule has 0 heterocycles. The van der Waals surface area contributed by atoms with Gasteiger partial charge in [-0.15, -0.1) is 0 Å². The minimum atomic E-state index is -0.817. The number of nitrogens with zero attached hydrogens (tertiary/aromatic N) is 2. The summed E-state index contributed by atoms with van der Waals surface area (Å²) in [6.07, 6.45) is 1.81. The first-order chi connectivity index (χ1) is 13.3. The number of hydrogen-bond donors (Lipinski definition) is 1. The number of amides is 3. The first kappa shape index (κ1) is 21.6. The van der Waals surface area contributed by atoms with Gasteiger partial charge in [-0.05, 0) is 31.7 Å². The molecule has 2 rings (SSSR count). The van der Waals surface area contributed by atoms with E-state index in [0.717, 1.165) is 17.2 Å². The third kappa shape index (κ3) is 4.57. The van der Waals surface area contributed by atoms with Gasteiger partial charge in [-0.3, -0.25) is 14.4 Å². The summed E-state index contributed by atoms with van der Waals surface area (Å²) in [5.41, 5.74) is 6.22. The maximum Gasteiger partial charge on any atom is 0.256 e. The molecule has 6 heteroatoms. The second-order valence-corrected chi connectivity index (χ2v) is 7.08. The van der Waals surface area contributed by atoms with Crippen molar-refractivity contribution in [3.63, 3.8) is 0 Å². The predicted molar refractivity (Wildman–Crippen MR) is 112 cm³/mol. The van der Waals surface area contributed by atoms with E-state index in [2.05, 4.69) is 0 Å². The van der Waals surface area contributed by atoms with E-state index >= 15 is 0 Å². The number of rotatable bonds is 7. The van der Waals surface area contributed by atoms with Gasteiger partial charge in [-0.2, -0.15) is 0 Å². The Morgan fingerprint density at radius 1 is 1.00 bits per heavy atom. The van der Waals surface area contributed by atoms with Crippen LogP contribution in [0.15, 0.2) is 42.5 Å². The quantitative estimate of drug-likeness (QED) is 0.796. The molecule has 3 amide bonds. The molecule has 2 aromatic carbocycles. The van der Waals surface area contributed by atoms with Gasteiger partial charge in [0, 0.05) is 18.9 Å². The molecule has 0 aliphatic carbocycles. The molecule has 0 saturated heterocycles. The van der Waals surface area contributed by atoms with Crippen LogP contribution in [0.5, 0.6) is 0 Å². The Bertz CT molecular complexity index is 858. The first-order valence-electron chi connectivity index (χ1n) is 9.66. The van der Waals surface area contributed by atoms with E-state index in [1.54, 1.807) is 19.9 Å². The molecule has 0 aromatic heterocycles. The largest absolute Gasteiger partial charge is 0.333 e. The lowest BCUT2D eigenvalue weighted by atomic mass is 10.1. The molecule has 2 N–H and O–H groups in total. The number of carbonyl (C=O) groups excluding carboxylic acids is 3. The summed E-state index contributed by atoms with van der Waals surface area (Å²) >= 11 is 0. The molecule has 28 heavy (non-hydrogen) atoms. The van der Waals surface area contributed by atoms with Gasteiger partial charge in [0.25, 0.3) is 5.91 Å². The molecule has 0 aliphatic heterocycles. The fourth-order valence-corrected chi connectivity index (χ4v) is 3.08. The van der Waals surface area contributed by atoms with Crippen LogP contribution in [0.3, 0.4) is 0 Å². The average molecular weight is 383 g/mol. The molecule has 0 aliphatic rings. The van der Waals surface area contributed by atoms with Crippen LogP contribution in [-0.4, -0.2) is 41.8 Å². The van der Waals surface area contributed by atoms with Crippen molar-refractivity contribution in [1.29, 1.82) is 0 Å². The standard InChI is InChI=1S/C22H29N3O3/c1-5-6-14-20(26)25(22(28)16(3)24(4)21(27)15(2)23)19-13-9-11-17-10-7-8-12-18(17)19/h7-13,15-16H,5-6,14,23H2,1-4H3/t15-,16-/m0/s1. The zero-order valence-corrected chi connectivity index (χ0v) is 17.0. The van der Waals surface area contributed by atoms with Gasteiger partial charge in [0.1, 0.15) is 6.04 Å². The molecule has 0 fully saturated rings. The lowest BCUT2D eigenvalue weighted by Gasteiger charge is -2.31. The highest BCUT2D eigenvalue weighted by Gasteiger charge is 2.32. The Kier molecular flexibility index (Phi) is 7.29. The number of benzene rings is 2. The zero-order chi connectivity index (χ0) is 20.8. The fraction of sp³-hybridized carbons (Fsp3) is 0.409. The highest BCUT2D eigenvalue weighted by atomic mass is 16.2. The highest BCUT2D eigenvalue weighted by Crippen LogP contribution is 2.28. The summed E-state index contributed by atoms with van der Waals surface area (Å²) in [5, 5.41) is 1.75. The molecule has 0 radical (unpaired) electrons. The second-order valence-electron chi connectivity index (χ2n) is 7.08. The van der Waals surface area contributed by atoms with Gasteiger partial charge in [0.15, 0.2) is 0 Å². The zero-order valence-electron chi connectivity index (χ0n) is 17.0. The van der Waals surface area contributed by atoms with Crippen LogP contribution in [0.25, 0.3) is 10.8 Å². The highest BCUT2D eigenvalue weighted by molar-refractivity contribution is 6.20. The number of hydrogen-bond acceptors (Lipinski definition) is 4. The number of carbonyl (C=O) groups is 3. The molecule has 2 atom stereocenters. The third-order valence-corrected chi connectivity index (χ3v) is 4.90. The van der Waals surface area contributed by atoms with E-state index < -0.39 is 18.0 Å². The van der Waals surface area contributed by atoms with Crippen LogP contribution >= 0.6 is 0 Å². The predicted octanol–water partition coefficient (Wildman–Crippen LogP) is 3.08. The molecule has 6 nitrogen and oxygen atoms in total. The molecule has 0 unspecified atom stereocenters. The molecule has 150 valence electrons. The summed E-state index contributed by atoms with van der Waals surface area (Å²) in [5.74, 6) is -1.05. The Hall–Kier alpha value is -2.73. The van der Waals surface area contributed by atoms with Gasteiger partial charge in [0.2, 0.25) is 11.8 Å². The van der Waals surface area contributed by atoms with E-state index in [-0.39, 0.29) is 18.2 Å². The van der Waals surface area contributed by atoms with Crippen molar-refractivity contribution < 1.29 is 14.4 Å². The Balaban J connectivity index is 2.49. The van der Waals surface area contributed by atoms with E-state index in [1.165, 1.54) is 16.8 Å². The van der Waals surface area contributed by atoms with Crippen molar-refractivity contribution in [2.45, 2.75) is 52.1 Å². The molecular formula is C22H29N3O3. The monoisotopic (exact) mass is 383 g/mol. The fourth-order valence-electron chi connectivity index (χ4n) is 3.08. The number of unbranched alkanes of at least 4 members (excludes halogenated alkanes) is 1. The van der Waals surface area contributed by atoms with Gasteiger partial charge in [-0.25, -0.2) is 4.90 Å². The molecular weight excluding hydrogens is 354 g/mol. The molecule has 0 spiro atoms. The van der Waals surface area contributed by atoms with Gasteiger partial charge in [0.05, 0.1) is 11.7 Å². The first-order valence-corrected chi connectivity index (χ1v) is 9.66. The van der Waals surface area contributed by atoms with E-state index in [4.69, 9.17) is 5.73 Å². The topological polar surface area (TPSA) is 83.7 Å². The van der Waals surface area contributed by atoms with Crippen molar-refractivity contribution in [2.24, 2.45) is 5.73 Å². The summed E-state index contributed by atoms with van der Waals surface area (Å²) in [6.45, 7) is 5.19. The smallest absolute Gasteiger partial charge is 0.256 e. The van der Waals surface area contributed by atoms with E-state index in [1.807, 2.05) is 43.3 Å². The summed E-state index contributed by atoms with van der Waals surface area (Å²) in [6, 6.07) is 11.6. The number of nitrogens with two attached hydrogens (primary N) is 1. The summed E-state index contributed by atoms with van der Waals surface area (Å²) < 4.78 is 0. The minimum absolute atomic E-state index is 0.267. The van der Waals surface area contributed by atoms with Gasteiger partial charge >= 0.3 is 0 Å². The van der Waals surface area contributed by atoms with E-state index in [0.29, 0.717) is 12.1 Å². The minimum Gasteiger partial charge on any atom is -0.333 e. The summed E-state index contributed by atoms with van der Waals surface area (Å²) in [4.78, 5) is 41.1. The Morgan fingerprint density at radius 2 is 1.64 bits per heavy atom. The number of imide groups is 1. The van der Waals surface area contributed by atoms with Crippen LogP contribution in [0.2, 0.25) is 0 Å². The maximum absolute atomic E-state index is 13.3. The van der Waals surface area contributed by atoms with Crippen LogP contribution in [0.1, 0.15) is 40.0 Å². The number of anilines is 1. The van der Waals surface area contributed by atoms with Crippen molar-refractivity contribution in [3.8, 4) is 0 Å². The second kappa shape index (κ2) is 9.46. The number of fused-ring (bicyclic) bond motifs is 1. The summed E-state index contributed by atoms with van der Waals surface area (Å²) in [7, 11) is 1.53. The van der Waals surface area contributed by atoms with Crippen molar-refractivity contribution in [1.82, 2.24) is 4.90 Å². The molecule has 0 bridgehead atoms. The van der Waals surface area contributed by atoms with Crippen molar-refractivity contribution >= 4 is 34.2 Å². The third-order valence-electron chi connectivity index (χ3n) is 4.90. The van der Waals surface area contributed by atoms with Crippen molar-refractivity contribution in [2.75, 3.05) is 11.9 Å². The lowest BCUT2D eigenvalue weighted by molar-refractivity contribution is -0.139. The van der Waals surface area contributed by atoms with Crippen LogP contribution in [0.4, 0.5) is 5.69 Å². The Labute approximate surface area is 166 Å². The average Bonchev–Trinajstić information content (AvgIpc) is 2.70. The maximum atomic E-state index is 13.3. The van der Waals surface area contributed by atoms with Crippen LogP contribution < -0.4 is 10.6 Å². The SMILES string of the molecule is CCCCC(=O)N(C(=O)[C@H](C)N(C)C(=O)[C@H](C)N)c1cccc2ccccc12. The lowest BCUT2D eigenvalue weighted by Crippen LogP contribution is -2.53. The number of likely N-dealkylation sites (N-methyl/N-ethyl adjacent to an activating group) is 1. The molecule has 2 aromatic rings. The van der Waals surface area contributed by atoms with Crippen LogP contribution in [-0.2, 0) is 14.4 Å². The normalized spacial score (nSPS) is 13.0. The van der Waals surface area contributed by atoms with Gasteiger partial charge < -0.3 is 10.6 Å². The Morgan fingerprint density at radius 3 is 2.29 bits per heavy atom.